The summed E-state index contributed by atoms with van der Waals surface area (Å²) >= 11 is 0. The van der Waals surface area contributed by atoms with Crippen molar-refractivity contribution in [2.45, 2.75) is 59.0 Å². The average molecular weight is 213 g/mol. The first-order chi connectivity index (χ1) is 7.04. The minimum atomic E-state index is 0.238. The first-order valence-corrected chi connectivity index (χ1v) is 6.41. The maximum absolute atomic E-state index is 9.09. The van der Waals surface area contributed by atoms with Gasteiger partial charge in [-0.05, 0) is 37.5 Å². The molecule has 90 valence electrons. The van der Waals surface area contributed by atoms with E-state index in [0.29, 0.717) is 6.04 Å². The van der Waals surface area contributed by atoms with Crippen molar-refractivity contribution < 1.29 is 5.11 Å². The average Bonchev–Trinajstić information content (AvgIpc) is 2.17. The molecule has 0 radical (unpaired) electrons. The predicted molar refractivity (Wildman–Crippen MR) is 64.8 cm³/mol. The third kappa shape index (κ3) is 3.76. The van der Waals surface area contributed by atoms with Crippen molar-refractivity contribution in [3.63, 3.8) is 0 Å². The van der Waals surface area contributed by atoms with Crippen LogP contribution >= 0.6 is 0 Å². The lowest BCUT2D eigenvalue weighted by Crippen LogP contribution is -2.47. The van der Waals surface area contributed by atoms with E-state index in [9.17, 15) is 0 Å². The molecule has 0 aromatic carbocycles. The smallest absolute Gasteiger partial charge is 0.0582 e. The van der Waals surface area contributed by atoms with Crippen LogP contribution < -0.4 is 5.32 Å². The third-order valence-electron chi connectivity index (χ3n) is 3.79. The van der Waals surface area contributed by atoms with Gasteiger partial charge in [0.15, 0.2) is 0 Å². The molecular weight excluding hydrogens is 186 g/mol. The van der Waals surface area contributed by atoms with Crippen molar-refractivity contribution >= 4 is 0 Å². The standard InChI is InChI=1S/C13H27NO/c1-9(2)12-6-5-10(3)7-13(12)14-11(4)8-15/h9-15H,5-8H2,1-4H3/t10?,11-,12?,13?/m0/s1. The molecule has 2 N–H and O–H groups in total. The van der Waals surface area contributed by atoms with Gasteiger partial charge in [-0.3, -0.25) is 0 Å². The van der Waals surface area contributed by atoms with Crippen LogP contribution in [0.15, 0.2) is 0 Å². The second-order valence-electron chi connectivity index (χ2n) is 5.68. The van der Waals surface area contributed by atoms with Gasteiger partial charge in [-0.2, -0.15) is 0 Å². The molecule has 0 aliphatic heterocycles. The van der Waals surface area contributed by atoms with E-state index in [-0.39, 0.29) is 12.6 Å². The van der Waals surface area contributed by atoms with Gasteiger partial charge in [-0.25, -0.2) is 0 Å². The Bertz CT molecular complexity index is 181. The molecule has 0 saturated heterocycles. The summed E-state index contributed by atoms with van der Waals surface area (Å²) in [4.78, 5) is 0. The summed E-state index contributed by atoms with van der Waals surface area (Å²) in [5, 5.41) is 12.7. The molecule has 1 saturated carbocycles. The molecule has 0 bridgehead atoms. The van der Waals surface area contributed by atoms with E-state index in [2.05, 4.69) is 33.0 Å². The van der Waals surface area contributed by atoms with Gasteiger partial charge in [-0.1, -0.05) is 27.2 Å². The van der Waals surface area contributed by atoms with Crippen LogP contribution in [0.2, 0.25) is 0 Å². The minimum Gasteiger partial charge on any atom is -0.395 e. The van der Waals surface area contributed by atoms with Crippen LogP contribution in [0.1, 0.15) is 47.0 Å². The Hall–Kier alpha value is -0.0800. The van der Waals surface area contributed by atoms with Crippen molar-refractivity contribution in [1.29, 1.82) is 0 Å². The highest BCUT2D eigenvalue weighted by Gasteiger charge is 2.30. The van der Waals surface area contributed by atoms with Crippen molar-refractivity contribution in [3.8, 4) is 0 Å². The molecule has 1 aliphatic rings. The Morgan fingerprint density at radius 2 is 1.93 bits per heavy atom. The largest absolute Gasteiger partial charge is 0.395 e. The molecule has 2 heteroatoms. The Morgan fingerprint density at radius 3 is 2.47 bits per heavy atom. The Balaban J connectivity index is 2.54. The van der Waals surface area contributed by atoms with E-state index in [1.165, 1.54) is 19.3 Å². The van der Waals surface area contributed by atoms with E-state index >= 15 is 0 Å². The fraction of sp³-hybridized carbons (Fsp3) is 1.00. The summed E-state index contributed by atoms with van der Waals surface area (Å²) in [5.74, 6) is 2.37. The van der Waals surface area contributed by atoms with Crippen LogP contribution in [0.4, 0.5) is 0 Å². The number of rotatable bonds is 4. The molecule has 1 rings (SSSR count). The SMILES string of the molecule is CC1CCC(C(C)C)C(N[C@@H](C)CO)C1. The Morgan fingerprint density at radius 1 is 1.27 bits per heavy atom. The third-order valence-corrected chi connectivity index (χ3v) is 3.79. The molecule has 1 fully saturated rings. The zero-order valence-corrected chi connectivity index (χ0v) is 10.7. The summed E-state index contributed by atoms with van der Waals surface area (Å²) in [6, 6.07) is 0.845. The first-order valence-electron chi connectivity index (χ1n) is 6.41. The van der Waals surface area contributed by atoms with E-state index in [0.717, 1.165) is 17.8 Å². The summed E-state index contributed by atoms with van der Waals surface area (Å²) in [7, 11) is 0. The monoisotopic (exact) mass is 213 g/mol. The van der Waals surface area contributed by atoms with Crippen LogP contribution in [0.5, 0.6) is 0 Å². The maximum Gasteiger partial charge on any atom is 0.0582 e. The number of aliphatic hydroxyl groups excluding tert-OH is 1. The molecule has 4 atom stereocenters. The summed E-state index contributed by atoms with van der Waals surface area (Å²) in [5.41, 5.74) is 0. The minimum absolute atomic E-state index is 0.238. The van der Waals surface area contributed by atoms with E-state index in [1.54, 1.807) is 0 Å². The van der Waals surface area contributed by atoms with Gasteiger partial charge in [0, 0.05) is 12.1 Å². The highest BCUT2D eigenvalue weighted by atomic mass is 16.3. The molecule has 0 heterocycles. The molecule has 0 spiro atoms. The summed E-state index contributed by atoms with van der Waals surface area (Å²) < 4.78 is 0. The van der Waals surface area contributed by atoms with Crippen LogP contribution in [-0.4, -0.2) is 23.8 Å². The molecule has 0 amide bonds. The zero-order valence-electron chi connectivity index (χ0n) is 10.7. The van der Waals surface area contributed by atoms with Crippen LogP contribution in [0, 0.1) is 17.8 Å². The van der Waals surface area contributed by atoms with E-state index < -0.39 is 0 Å². The zero-order chi connectivity index (χ0) is 11.4. The van der Waals surface area contributed by atoms with E-state index in [4.69, 9.17) is 5.11 Å². The summed E-state index contributed by atoms with van der Waals surface area (Å²) in [6.07, 6.45) is 3.98. The summed E-state index contributed by atoms with van der Waals surface area (Å²) in [6.45, 7) is 9.29. The van der Waals surface area contributed by atoms with E-state index in [1.807, 2.05) is 0 Å². The number of aliphatic hydroxyl groups is 1. The van der Waals surface area contributed by atoms with Gasteiger partial charge >= 0.3 is 0 Å². The second-order valence-corrected chi connectivity index (χ2v) is 5.68. The van der Waals surface area contributed by atoms with Crippen LogP contribution in [0.3, 0.4) is 0 Å². The van der Waals surface area contributed by atoms with Crippen molar-refractivity contribution in [3.05, 3.63) is 0 Å². The lowest BCUT2D eigenvalue weighted by molar-refractivity contribution is 0.144. The first kappa shape index (κ1) is 13.0. The maximum atomic E-state index is 9.09. The van der Waals surface area contributed by atoms with Crippen molar-refractivity contribution in [2.24, 2.45) is 17.8 Å². The van der Waals surface area contributed by atoms with Crippen molar-refractivity contribution in [2.75, 3.05) is 6.61 Å². The Kier molecular flexibility index (Phi) is 5.07. The van der Waals surface area contributed by atoms with Gasteiger partial charge < -0.3 is 10.4 Å². The van der Waals surface area contributed by atoms with Gasteiger partial charge in [0.1, 0.15) is 0 Å². The lowest BCUT2D eigenvalue weighted by Gasteiger charge is -2.39. The highest BCUT2D eigenvalue weighted by Crippen LogP contribution is 2.33. The lowest BCUT2D eigenvalue weighted by atomic mass is 9.74. The van der Waals surface area contributed by atoms with Crippen LogP contribution in [-0.2, 0) is 0 Å². The highest BCUT2D eigenvalue weighted by molar-refractivity contribution is 4.86. The molecule has 1 aliphatic carbocycles. The molecule has 3 unspecified atom stereocenters. The molecule has 2 nitrogen and oxygen atoms in total. The van der Waals surface area contributed by atoms with Gasteiger partial charge in [0.25, 0.3) is 0 Å². The van der Waals surface area contributed by atoms with Gasteiger partial charge in [0.2, 0.25) is 0 Å². The second kappa shape index (κ2) is 5.86. The fourth-order valence-corrected chi connectivity index (χ4v) is 2.81. The molecule has 0 aromatic rings. The quantitative estimate of drug-likeness (QED) is 0.751. The predicted octanol–water partition coefficient (Wildman–Crippen LogP) is 2.42. The molecular formula is C13H27NO. The number of nitrogens with one attached hydrogen (secondary N) is 1. The van der Waals surface area contributed by atoms with Gasteiger partial charge in [0.05, 0.1) is 6.61 Å². The number of hydrogen-bond acceptors (Lipinski definition) is 2. The Labute approximate surface area is 94.5 Å². The van der Waals surface area contributed by atoms with Crippen molar-refractivity contribution in [1.82, 2.24) is 5.32 Å². The topological polar surface area (TPSA) is 32.3 Å². The fourth-order valence-electron chi connectivity index (χ4n) is 2.81. The molecule has 0 aromatic heterocycles. The molecule has 15 heavy (non-hydrogen) atoms. The number of hydrogen-bond donors (Lipinski definition) is 2. The van der Waals surface area contributed by atoms with Gasteiger partial charge in [-0.15, -0.1) is 0 Å². The van der Waals surface area contributed by atoms with Crippen LogP contribution in [0.25, 0.3) is 0 Å². The normalized spacial score (nSPS) is 34.4.